The van der Waals surface area contributed by atoms with E-state index >= 15 is 0 Å². The van der Waals surface area contributed by atoms with Gasteiger partial charge in [-0.25, -0.2) is 13.4 Å². The molecule has 6 nitrogen and oxygen atoms in total. The summed E-state index contributed by atoms with van der Waals surface area (Å²) in [5.74, 6) is -0.242. The van der Waals surface area contributed by atoms with Crippen LogP contribution in [-0.2, 0) is 14.6 Å². The van der Waals surface area contributed by atoms with Crippen molar-refractivity contribution >= 4 is 65.6 Å². The van der Waals surface area contributed by atoms with Crippen molar-refractivity contribution in [2.45, 2.75) is 11.3 Å². The van der Waals surface area contributed by atoms with Gasteiger partial charge in [0, 0.05) is 11.4 Å². The molecule has 1 heterocycles. The van der Waals surface area contributed by atoms with E-state index in [-0.39, 0.29) is 17.1 Å². The highest BCUT2D eigenvalue weighted by Gasteiger charge is 2.18. The Labute approximate surface area is 170 Å². The second-order valence-corrected chi connectivity index (χ2v) is 9.47. The van der Waals surface area contributed by atoms with Crippen LogP contribution in [0.3, 0.4) is 0 Å². The maximum Gasteiger partial charge on any atom is 0.227 e. The van der Waals surface area contributed by atoms with Gasteiger partial charge in [-0.1, -0.05) is 34.5 Å². The van der Waals surface area contributed by atoms with Crippen LogP contribution in [-0.4, -0.2) is 32.2 Å². The van der Waals surface area contributed by atoms with Crippen LogP contribution in [0.4, 0.5) is 5.13 Å². The van der Waals surface area contributed by atoms with Crippen molar-refractivity contribution in [2.24, 2.45) is 0 Å². The Morgan fingerprint density at radius 3 is 2.56 bits per heavy atom. The fourth-order valence-corrected chi connectivity index (χ4v) is 4.88. The van der Waals surface area contributed by atoms with Crippen molar-refractivity contribution in [3.8, 4) is 5.75 Å². The molecule has 3 rings (SSSR count). The molecule has 0 spiro atoms. The van der Waals surface area contributed by atoms with Gasteiger partial charge in [0.25, 0.3) is 0 Å². The summed E-state index contributed by atoms with van der Waals surface area (Å²) < 4.78 is 30.5. The highest BCUT2D eigenvalue weighted by Crippen LogP contribution is 2.37. The first-order valence-electron chi connectivity index (χ1n) is 7.71. The molecule has 3 aromatic rings. The topological polar surface area (TPSA) is 85.4 Å². The van der Waals surface area contributed by atoms with Gasteiger partial charge in [-0.15, -0.1) is 0 Å². The molecule has 1 amide bonds. The molecule has 10 heteroatoms. The number of carbonyl (C=O) groups excluding carboxylic acids is 1. The van der Waals surface area contributed by atoms with Crippen LogP contribution in [0.25, 0.3) is 10.2 Å². The Balaban J connectivity index is 1.70. The van der Waals surface area contributed by atoms with Gasteiger partial charge in [0.15, 0.2) is 15.0 Å². The first-order chi connectivity index (χ1) is 12.8. The third-order valence-corrected chi connectivity index (χ3v) is 7.11. The van der Waals surface area contributed by atoms with Crippen LogP contribution >= 0.6 is 34.5 Å². The number of sulfone groups is 1. The SMILES string of the molecule is COc1ccc(Cl)c2sc(NC(=O)CCS(=O)(=O)c3ccc(Cl)cc3)nc12. The zero-order valence-corrected chi connectivity index (χ0v) is 17.2. The molecule has 0 unspecified atom stereocenters. The van der Waals surface area contributed by atoms with E-state index in [1.165, 1.54) is 42.7 Å². The molecule has 0 aliphatic rings. The van der Waals surface area contributed by atoms with Gasteiger partial charge in [0.1, 0.15) is 11.3 Å². The van der Waals surface area contributed by atoms with Crippen molar-refractivity contribution < 1.29 is 17.9 Å². The van der Waals surface area contributed by atoms with Gasteiger partial charge < -0.3 is 10.1 Å². The number of ether oxygens (including phenoxy) is 1. The fraction of sp³-hybridized carbons (Fsp3) is 0.176. The minimum Gasteiger partial charge on any atom is -0.494 e. The Bertz CT molecular complexity index is 1100. The summed E-state index contributed by atoms with van der Waals surface area (Å²) in [4.78, 5) is 16.6. The molecule has 0 saturated heterocycles. The molecule has 0 atom stereocenters. The predicted molar refractivity (Wildman–Crippen MR) is 108 cm³/mol. The van der Waals surface area contributed by atoms with E-state index in [4.69, 9.17) is 27.9 Å². The highest BCUT2D eigenvalue weighted by molar-refractivity contribution is 7.91. The molecule has 1 N–H and O–H groups in total. The standard InChI is InChI=1S/C17H14Cl2N2O4S2/c1-25-13-7-6-12(19)16-15(13)21-17(26-16)20-14(22)8-9-27(23,24)11-4-2-10(18)3-5-11/h2-7H,8-9H2,1H3,(H,20,21,22). The number of carbonyl (C=O) groups is 1. The molecular weight excluding hydrogens is 431 g/mol. The summed E-state index contributed by atoms with van der Waals surface area (Å²) in [5, 5.41) is 3.87. The number of amides is 1. The van der Waals surface area contributed by atoms with Gasteiger partial charge in [-0.05, 0) is 36.4 Å². The molecule has 27 heavy (non-hydrogen) atoms. The third kappa shape index (κ3) is 4.52. The average molecular weight is 445 g/mol. The zero-order valence-electron chi connectivity index (χ0n) is 14.0. The highest BCUT2D eigenvalue weighted by atomic mass is 35.5. The predicted octanol–water partition coefficient (Wildman–Crippen LogP) is 4.41. The van der Waals surface area contributed by atoms with Crippen molar-refractivity contribution in [2.75, 3.05) is 18.2 Å². The van der Waals surface area contributed by atoms with Gasteiger partial charge >= 0.3 is 0 Å². The number of nitrogens with zero attached hydrogens (tertiary/aromatic N) is 1. The summed E-state index contributed by atoms with van der Waals surface area (Å²) in [5.41, 5.74) is 0.541. The molecule has 0 radical (unpaired) electrons. The number of methoxy groups -OCH3 is 1. The van der Waals surface area contributed by atoms with Crippen LogP contribution in [0.5, 0.6) is 5.75 Å². The van der Waals surface area contributed by atoms with E-state index in [9.17, 15) is 13.2 Å². The molecule has 142 valence electrons. The number of hydrogen-bond donors (Lipinski definition) is 1. The number of aromatic nitrogens is 1. The van der Waals surface area contributed by atoms with Crippen LogP contribution in [0, 0.1) is 0 Å². The summed E-state index contributed by atoms with van der Waals surface area (Å²) in [6.07, 6.45) is -0.203. The van der Waals surface area contributed by atoms with Crippen LogP contribution < -0.4 is 10.1 Å². The normalized spacial score (nSPS) is 11.5. The van der Waals surface area contributed by atoms with Crippen molar-refractivity contribution in [3.05, 3.63) is 46.4 Å². The van der Waals surface area contributed by atoms with E-state index < -0.39 is 15.7 Å². The quantitative estimate of drug-likeness (QED) is 0.608. The molecule has 0 bridgehead atoms. The van der Waals surface area contributed by atoms with Gasteiger partial charge in [0.2, 0.25) is 5.91 Å². The smallest absolute Gasteiger partial charge is 0.227 e. The lowest BCUT2D eigenvalue weighted by Crippen LogP contribution is -2.17. The van der Waals surface area contributed by atoms with E-state index in [1.54, 1.807) is 12.1 Å². The molecule has 0 aliphatic heterocycles. The van der Waals surface area contributed by atoms with Crippen LogP contribution in [0.1, 0.15) is 6.42 Å². The lowest BCUT2D eigenvalue weighted by atomic mass is 10.3. The lowest BCUT2D eigenvalue weighted by Gasteiger charge is -2.04. The van der Waals surface area contributed by atoms with E-state index in [1.807, 2.05) is 0 Å². The number of fused-ring (bicyclic) bond motifs is 1. The van der Waals surface area contributed by atoms with E-state index in [0.717, 1.165) is 0 Å². The number of benzene rings is 2. The number of nitrogens with one attached hydrogen (secondary N) is 1. The molecule has 0 fully saturated rings. The minimum absolute atomic E-state index is 0.121. The van der Waals surface area contributed by atoms with Crippen LogP contribution in [0.15, 0.2) is 41.3 Å². The second-order valence-electron chi connectivity index (χ2n) is 5.52. The molecule has 0 saturated carbocycles. The Morgan fingerprint density at radius 1 is 1.19 bits per heavy atom. The first-order valence-corrected chi connectivity index (χ1v) is 10.9. The monoisotopic (exact) mass is 444 g/mol. The molecule has 0 aliphatic carbocycles. The number of rotatable bonds is 6. The maximum atomic E-state index is 12.3. The van der Waals surface area contributed by atoms with Crippen molar-refractivity contribution in [3.63, 3.8) is 0 Å². The summed E-state index contributed by atoms with van der Waals surface area (Å²) in [6.45, 7) is 0. The second kappa shape index (κ2) is 8.02. The minimum atomic E-state index is -3.58. The summed E-state index contributed by atoms with van der Waals surface area (Å²) >= 11 is 13.1. The van der Waals surface area contributed by atoms with Crippen molar-refractivity contribution in [1.82, 2.24) is 4.98 Å². The molecular formula is C17H14Cl2N2O4S2. The number of thiazole rings is 1. The molecule has 2 aromatic carbocycles. The number of halogens is 2. The zero-order chi connectivity index (χ0) is 19.6. The van der Waals surface area contributed by atoms with Gasteiger partial charge in [0.05, 0.1) is 27.5 Å². The summed E-state index contributed by atoms with van der Waals surface area (Å²) in [7, 11) is -2.07. The largest absolute Gasteiger partial charge is 0.494 e. The van der Waals surface area contributed by atoms with Gasteiger partial charge in [-0.2, -0.15) is 0 Å². The average Bonchev–Trinajstić information content (AvgIpc) is 3.05. The van der Waals surface area contributed by atoms with E-state index in [0.29, 0.717) is 31.1 Å². The third-order valence-electron chi connectivity index (χ3n) is 3.70. The van der Waals surface area contributed by atoms with Crippen LogP contribution in [0.2, 0.25) is 10.0 Å². The number of anilines is 1. The number of hydrogen-bond acceptors (Lipinski definition) is 6. The Kier molecular flexibility index (Phi) is 5.90. The van der Waals surface area contributed by atoms with Crippen molar-refractivity contribution in [1.29, 1.82) is 0 Å². The maximum absolute atomic E-state index is 12.3. The molecule has 1 aromatic heterocycles. The van der Waals surface area contributed by atoms with Gasteiger partial charge in [-0.3, -0.25) is 4.79 Å². The first kappa shape index (κ1) is 19.9. The Morgan fingerprint density at radius 2 is 1.89 bits per heavy atom. The Hall–Kier alpha value is -1.87. The lowest BCUT2D eigenvalue weighted by molar-refractivity contribution is -0.115. The van der Waals surface area contributed by atoms with E-state index in [2.05, 4.69) is 10.3 Å². The fourth-order valence-electron chi connectivity index (χ4n) is 2.34. The summed E-state index contributed by atoms with van der Waals surface area (Å²) in [6, 6.07) is 9.19.